The highest BCUT2D eigenvalue weighted by Crippen LogP contribution is 2.36. The van der Waals surface area contributed by atoms with Crippen molar-refractivity contribution in [2.24, 2.45) is 5.92 Å². The second-order valence-corrected chi connectivity index (χ2v) is 7.17. The minimum absolute atomic E-state index is 0.0675. The number of morpholine rings is 1. The van der Waals surface area contributed by atoms with E-state index in [-0.39, 0.29) is 23.9 Å². The van der Waals surface area contributed by atoms with E-state index in [1.165, 1.54) is 0 Å². The molecule has 1 saturated heterocycles. The van der Waals surface area contributed by atoms with Gasteiger partial charge in [0.05, 0.1) is 31.2 Å². The van der Waals surface area contributed by atoms with E-state index in [4.69, 9.17) is 4.74 Å². The molecule has 1 aliphatic carbocycles. The molecule has 3 heterocycles. The van der Waals surface area contributed by atoms with Crippen molar-refractivity contribution in [2.75, 3.05) is 24.6 Å². The minimum Gasteiger partial charge on any atom is -0.362 e. The van der Waals surface area contributed by atoms with E-state index in [0.29, 0.717) is 25.4 Å². The van der Waals surface area contributed by atoms with Gasteiger partial charge in [0.15, 0.2) is 11.9 Å². The lowest BCUT2D eigenvalue weighted by molar-refractivity contribution is -0.112. The summed E-state index contributed by atoms with van der Waals surface area (Å²) in [6.45, 7) is 1.44. The van der Waals surface area contributed by atoms with Crippen molar-refractivity contribution in [1.82, 2.24) is 19.3 Å². The van der Waals surface area contributed by atoms with E-state index in [9.17, 15) is 13.6 Å². The first-order valence-electron chi connectivity index (χ1n) is 9.32. The number of aromatic nitrogens is 4. The molecule has 0 spiro atoms. The van der Waals surface area contributed by atoms with Gasteiger partial charge in [0.25, 0.3) is 6.43 Å². The molecule has 1 saturated carbocycles. The van der Waals surface area contributed by atoms with Gasteiger partial charge >= 0.3 is 0 Å². The average molecular weight is 379 g/mol. The number of alkyl halides is 2. The van der Waals surface area contributed by atoms with Gasteiger partial charge in [0.1, 0.15) is 6.29 Å². The molecule has 1 aliphatic heterocycles. The number of rotatable bonds is 5. The number of hydrogen-bond donors (Lipinski definition) is 0. The highest BCUT2D eigenvalue weighted by Gasteiger charge is 2.30. The van der Waals surface area contributed by atoms with Crippen LogP contribution < -0.4 is 4.90 Å². The van der Waals surface area contributed by atoms with Gasteiger partial charge in [-0.1, -0.05) is 0 Å². The standard InChI is InChI=1S/C18H23F2N5O2/c19-18(20)17-15(9-25(22-17)14-3-1-13(11-26)2-4-14)23-7-8-27-16(10-23)24-6-5-21-12-24/h5-6,9,11-14,16,18H,1-4,7-8,10H2/t13-,14-,16?. The third kappa shape index (κ3) is 3.73. The SMILES string of the molecule is O=C[C@H]1CC[C@H](n2cc(N3CCOC(n4ccnc4)C3)c(C(F)F)n2)CC1. The van der Waals surface area contributed by atoms with E-state index in [0.717, 1.165) is 32.0 Å². The monoisotopic (exact) mass is 379 g/mol. The van der Waals surface area contributed by atoms with Gasteiger partial charge in [-0.15, -0.1) is 0 Å². The fourth-order valence-corrected chi connectivity index (χ4v) is 3.95. The van der Waals surface area contributed by atoms with Crippen molar-refractivity contribution in [3.63, 3.8) is 0 Å². The van der Waals surface area contributed by atoms with Gasteiger partial charge in [-0.25, -0.2) is 13.8 Å². The third-order valence-corrected chi connectivity index (χ3v) is 5.50. The number of anilines is 1. The Morgan fingerprint density at radius 1 is 1.26 bits per heavy atom. The molecule has 0 aromatic carbocycles. The van der Waals surface area contributed by atoms with Gasteiger partial charge in [-0.05, 0) is 25.7 Å². The fourth-order valence-electron chi connectivity index (χ4n) is 3.95. The highest BCUT2D eigenvalue weighted by molar-refractivity contribution is 5.53. The summed E-state index contributed by atoms with van der Waals surface area (Å²) in [5.41, 5.74) is 0.287. The van der Waals surface area contributed by atoms with Crippen LogP contribution in [0, 0.1) is 5.92 Å². The zero-order valence-corrected chi connectivity index (χ0v) is 15.0. The smallest absolute Gasteiger partial charge is 0.284 e. The number of imidazole rings is 1. The van der Waals surface area contributed by atoms with Crippen LogP contribution in [0.25, 0.3) is 0 Å². The Balaban J connectivity index is 1.54. The maximum atomic E-state index is 13.7. The van der Waals surface area contributed by atoms with Crippen molar-refractivity contribution in [3.8, 4) is 0 Å². The van der Waals surface area contributed by atoms with Crippen LogP contribution >= 0.6 is 0 Å². The molecular weight excluding hydrogens is 356 g/mol. The fraction of sp³-hybridized carbons (Fsp3) is 0.611. The van der Waals surface area contributed by atoms with E-state index >= 15 is 0 Å². The van der Waals surface area contributed by atoms with Crippen molar-refractivity contribution < 1.29 is 18.3 Å². The topological polar surface area (TPSA) is 65.2 Å². The maximum absolute atomic E-state index is 13.7. The number of carbonyl (C=O) groups is 1. The number of nitrogens with zero attached hydrogens (tertiary/aromatic N) is 5. The lowest BCUT2D eigenvalue weighted by Gasteiger charge is -2.34. The highest BCUT2D eigenvalue weighted by atomic mass is 19.3. The van der Waals surface area contributed by atoms with Crippen molar-refractivity contribution in [3.05, 3.63) is 30.6 Å². The van der Waals surface area contributed by atoms with Gasteiger partial charge in [0.2, 0.25) is 0 Å². The Hall–Kier alpha value is -2.29. The lowest BCUT2D eigenvalue weighted by atomic mass is 9.87. The van der Waals surface area contributed by atoms with Crippen LogP contribution in [0.3, 0.4) is 0 Å². The van der Waals surface area contributed by atoms with E-state index in [2.05, 4.69) is 10.1 Å². The van der Waals surface area contributed by atoms with E-state index in [1.54, 1.807) is 29.6 Å². The molecule has 4 rings (SSSR count). The van der Waals surface area contributed by atoms with Gasteiger partial charge in [0, 0.05) is 31.1 Å². The zero-order valence-electron chi connectivity index (χ0n) is 15.0. The lowest BCUT2D eigenvalue weighted by Crippen LogP contribution is -2.40. The summed E-state index contributed by atoms with van der Waals surface area (Å²) in [5, 5.41) is 4.22. The molecule has 2 aliphatic rings. The predicted octanol–water partition coefficient (Wildman–Crippen LogP) is 2.98. The van der Waals surface area contributed by atoms with Crippen molar-refractivity contribution >= 4 is 12.0 Å². The largest absolute Gasteiger partial charge is 0.362 e. The number of ether oxygens (including phenoxy) is 1. The molecule has 0 bridgehead atoms. The Morgan fingerprint density at radius 2 is 2.07 bits per heavy atom. The summed E-state index contributed by atoms with van der Waals surface area (Å²) in [5.74, 6) is 0.0843. The number of aldehydes is 1. The van der Waals surface area contributed by atoms with Crippen LogP contribution in [0.1, 0.15) is 50.1 Å². The van der Waals surface area contributed by atoms with Crippen molar-refractivity contribution in [2.45, 2.75) is 44.4 Å². The maximum Gasteiger partial charge on any atom is 0.284 e. The first-order chi connectivity index (χ1) is 13.2. The van der Waals surface area contributed by atoms with Crippen LogP contribution in [0.15, 0.2) is 24.9 Å². The molecule has 27 heavy (non-hydrogen) atoms. The normalized spacial score (nSPS) is 26.5. The van der Waals surface area contributed by atoms with Crippen LogP contribution in [0.4, 0.5) is 14.5 Å². The van der Waals surface area contributed by atoms with Gasteiger partial charge < -0.3 is 19.0 Å². The van der Waals surface area contributed by atoms with Gasteiger partial charge in [-0.3, -0.25) is 4.68 Å². The molecule has 1 unspecified atom stereocenters. The summed E-state index contributed by atoms with van der Waals surface area (Å²) >= 11 is 0. The summed E-state index contributed by atoms with van der Waals surface area (Å²) in [6.07, 6.45) is 8.11. The molecule has 1 atom stereocenters. The van der Waals surface area contributed by atoms with Crippen molar-refractivity contribution in [1.29, 1.82) is 0 Å². The molecule has 0 radical (unpaired) electrons. The molecule has 2 fully saturated rings. The Morgan fingerprint density at radius 3 is 2.74 bits per heavy atom. The van der Waals surface area contributed by atoms with Gasteiger partial charge in [-0.2, -0.15) is 5.10 Å². The third-order valence-electron chi connectivity index (χ3n) is 5.50. The van der Waals surface area contributed by atoms with Crippen LogP contribution in [0.2, 0.25) is 0 Å². The molecule has 146 valence electrons. The molecule has 2 aromatic rings. The summed E-state index contributed by atoms with van der Waals surface area (Å²) in [6, 6.07) is 0.0675. The quantitative estimate of drug-likeness (QED) is 0.748. The first-order valence-corrected chi connectivity index (χ1v) is 9.32. The number of hydrogen-bond acceptors (Lipinski definition) is 5. The second kappa shape index (κ2) is 7.75. The summed E-state index contributed by atoms with van der Waals surface area (Å²) < 4.78 is 36.6. The molecule has 7 nitrogen and oxygen atoms in total. The summed E-state index contributed by atoms with van der Waals surface area (Å²) in [4.78, 5) is 16.9. The second-order valence-electron chi connectivity index (χ2n) is 7.17. The molecule has 2 aromatic heterocycles. The molecular formula is C18H23F2N5O2. The van der Waals surface area contributed by atoms with Crippen LogP contribution in [0.5, 0.6) is 0 Å². The van der Waals surface area contributed by atoms with E-state index in [1.807, 2.05) is 9.47 Å². The van der Waals surface area contributed by atoms with E-state index < -0.39 is 6.43 Å². The van der Waals surface area contributed by atoms with Crippen LogP contribution in [-0.4, -0.2) is 45.3 Å². The molecule has 0 amide bonds. The number of carbonyl (C=O) groups excluding carboxylic acids is 1. The molecule has 9 heteroatoms. The summed E-state index contributed by atoms with van der Waals surface area (Å²) in [7, 11) is 0. The Kier molecular flexibility index (Phi) is 5.20. The Labute approximate surface area is 155 Å². The Bertz CT molecular complexity index is 756. The number of halogens is 2. The zero-order chi connectivity index (χ0) is 18.8. The van der Waals surface area contributed by atoms with Crippen LogP contribution in [-0.2, 0) is 9.53 Å². The average Bonchev–Trinajstić information content (AvgIpc) is 3.38. The molecule has 0 N–H and O–H groups in total. The first kappa shape index (κ1) is 18.1. The predicted molar refractivity (Wildman–Crippen MR) is 93.7 cm³/mol. The minimum atomic E-state index is -2.64.